The van der Waals surface area contributed by atoms with Crippen molar-refractivity contribution in [2.24, 2.45) is 11.8 Å². The molecule has 1 aliphatic heterocycles. The van der Waals surface area contributed by atoms with Gasteiger partial charge in [0.05, 0.1) is 6.10 Å². The van der Waals surface area contributed by atoms with E-state index in [4.69, 9.17) is 25.2 Å². The predicted octanol–water partition coefficient (Wildman–Crippen LogP) is 2.21. The molecule has 0 amide bonds. The first-order chi connectivity index (χ1) is 9.78. The molecule has 6 nitrogen and oxygen atoms in total. The summed E-state index contributed by atoms with van der Waals surface area (Å²) in [5.41, 5.74) is 0. The molecule has 0 spiro atoms. The summed E-state index contributed by atoms with van der Waals surface area (Å²) in [6.07, 6.45) is -1.61. The topological polar surface area (TPSA) is 85.7 Å². The molecule has 1 heterocycles. The van der Waals surface area contributed by atoms with Crippen molar-refractivity contribution in [3.8, 4) is 0 Å². The Kier molecular flexibility index (Phi) is 7.95. The number of rotatable bonds is 2. The SMILES string of the molecule is O=S=P.[3H]CC1OC(OC(C)=N)C(OC(C)=O)C(C)C1C. The molecule has 5 atom stereocenters. The van der Waals surface area contributed by atoms with Crippen molar-refractivity contribution < 1.29 is 24.6 Å². The first-order valence-electron chi connectivity index (χ1n) is 6.78. The van der Waals surface area contributed by atoms with E-state index in [1.165, 1.54) is 13.8 Å². The fraction of sp³-hybridized carbons (Fsp3) is 0.833. The van der Waals surface area contributed by atoms with Crippen LogP contribution >= 0.6 is 8.02 Å². The Morgan fingerprint density at radius 1 is 1.35 bits per heavy atom. The van der Waals surface area contributed by atoms with Crippen LogP contribution in [0.3, 0.4) is 0 Å². The summed E-state index contributed by atoms with van der Waals surface area (Å²) < 4.78 is 32.3. The quantitative estimate of drug-likeness (QED) is 0.364. The first-order valence-corrected chi connectivity index (χ1v) is 8.04. The lowest BCUT2D eigenvalue weighted by Gasteiger charge is -2.42. The standard InChI is InChI=1S/C12H21NO4.HOPS/c1-6-7(2)11(17-10(5)14)12(15-8(6)3)16-9(4)13;1-3-2/h6-8,11-13H,1-5H3;2H/i3T;. The van der Waals surface area contributed by atoms with Gasteiger partial charge in [-0.1, -0.05) is 13.8 Å². The number of carbonyl (C=O) groups is 1. The lowest BCUT2D eigenvalue weighted by molar-refractivity contribution is -0.247. The fourth-order valence-electron chi connectivity index (χ4n) is 1.88. The molecule has 0 radical (unpaired) electrons. The van der Waals surface area contributed by atoms with E-state index in [9.17, 15) is 4.79 Å². The second kappa shape index (κ2) is 9.21. The Morgan fingerprint density at radius 2 is 1.90 bits per heavy atom. The Balaban J connectivity index is 0.00000122. The van der Waals surface area contributed by atoms with Crippen LogP contribution in [0.15, 0.2) is 0 Å². The van der Waals surface area contributed by atoms with E-state index in [2.05, 4.69) is 8.02 Å². The van der Waals surface area contributed by atoms with Crippen molar-refractivity contribution in [1.82, 2.24) is 0 Å². The fourth-order valence-corrected chi connectivity index (χ4v) is 1.88. The van der Waals surface area contributed by atoms with E-state index in [0.717, 1.165) is 0 Å². The van der Waals surface area contributed by atoms with Gasteiger partial charge in [-0.3, -0.25) is 10.2 Å². The van der Waals surface area contributed by atoms with Gasteiger partial charge < -0.3 is 14.2 Å². The van der Waals surface area contributed by atoms with Crippen molar-refractivity contribution in [2.45, 2.75) is 53.1 Å². The molecule has 8 heteroatoms. The van der Waals surface area contributed by atoms with Crippen molar-refractivity contribution in [2.75, 3.05) is 0 Å². The summed E-state index contributed by atoms with van der Waals surface area (Å²) in [5.74, 6) is -0.286. The third kappa shape index (κ3) is 6.11. The van der Waals surface area contributed by atoms with Crippen molar-refractivity contribution in [1.29, 1.82) is 5.41 Å². The minimum absolute atomic E-state index is 0.00244. The van der Waals surface area contributed by atoms with Crippen LogP contribution in [0.25, 0.3) is 0 Å². The highest BCUT2D eigenvalue weighted by Crippen LogP contribution is 2.33. The molecule has 0 saturated carbocycles. The van der Waals surface area contributed by atoms with Crippen LogP contribution in [0.1, 0.15) is 36.0 Å². The Hall–Kier alpha value is -0.780. The summed E-state index contributed by atoms with van der Waals surface area (Å²) in [4.78, 5) is 11.1. The summed E-state index contributed by atoms with van der Waals surface area (Å²) in [6, 6.07) is 0. The second-order valence-electron chi connectivity index (χ2n) is 4.59. The van der Waals surface area contributed by atoms with Gasteiger partial charge in [0.15, 0.2) is 12.0 Å². The Morgan fingerprint density at radius 3 is 2.30 bits per heavy atom. The van der Waals surface area contributed by atoms with Crippen LogP contribution in [0.2, 0.25) is 0 Å². The van der Waals surface area contributed by atoms with E-state index in [1.54, 1.807) is 0 Å². The molecule has 0 aromatic heterocycles. The molecular formula is C12H22NO5PS. The molecule has 20 heavy (non-hydrogen) atoms. The number of ether oxygens (including phenoxy) is 3. The Bertz CT molecular complexity index is 405. The average Bonchev–Trinajstić information content (AvgIpc) is 2.38. The van der Waals surface area contributed by atoms with Gasteiger partial charge in [-0.25, -0.2) is 4.21 Å². The van der Waals surface area contributed by atoms with Crippen LogP contribution in [0, 0.1) is 17.2 Å². The lowest BCUT2D eigenvalue weighted by atomic mass is 9.84. The lowest BCUT2D eigenvalue weighted by Crippen LogP contribution is -2.51. The molecule has 0 bridgehead atoms. The van der Waals surface area contributed by atoms with Gasteiger partial charge in [0.1, 0.15) is 10.8 Å². The van der Waals surface area contributed by atoms with Crippen LogP contribution in [0.4, 0.5) is 0 Å². The van der Waals surface area contributed by atoms with Crippen molar-refractivity contribution in [3.05, 3.63) is 0 Å². The zero-order chi connectivity index (χ0) is 16.6. The molecule has 1 N–H and O–H groups in total. The smallest absolute Gasteiger partial charge is 0.303 e. The van der Waals surface area contributed by atoms with Crippen LogP contribution < -0.4 is 0 Å². The molecule has 116 valence electrons. The number of nitrogens with one attached hydrogen (secondary N) is 1. The highest BCUT2D eigenvalue weighted by atomic mass is 32.4. The van der Waals surface area contributed by atoms with Crippen molar-refractivity contribution >= 4 is 30.7 Å². The zero-order valence-corrected chi connectivity index (χ0v) is 13.9. The van der Waals surface area contributed by atoms with Gasteiger partial charge in [0, 0.05) is 21.1 Å². The van der Waals surface area contributed by atoms with Gasteiger partial charge in [0.25, 0.3) is 0 Å². The molecule has 1 aliphatic rings. The second-order valence-corrected chi connectivity index (χ2v) is 5.26. The number of hydrogen-bond donors (Lipinski definition) is 1. The number of esters is 1. The van der Waals surface area contributed by atoms with E-state index >= 15 is 0 Å². The predicted molar refractivity (Wildman–Crippen MR) is 79.2 cm³/mol. The minimum atomic E-state index is -0.798. The molecule has 0 aliphatic carbocycles. The zero-order valence-electron chi connectivity index (χ0n) is 13.0. The summed E-state index contributed by atoms with van der Waals surface area (Å²) in [6.45, 7) is 6.86. The van der Waals surface area contributed by atoms with Gasteiger partial charge >= 0.3 is 5.97 Å². The maximum absolute atomic E-state index is 11.1. The highest BCUT2D eigenvalue weighted by Gasteiger charge is 2.43. The first kappa shape index (κ1) is 17.3. The van der Waals surface area contributed by atoms with E-state index in [1.807, 2.05) is 13.8 Å². The monoisotopic (exact) mass is 325 g/mol. The summed E-state index contributed by atoms with van der Waals surface area (Å²) >= 11 is 0. The van der Waals surface area contributed by atoms with E-state index in [0.29, 0.717) is 10.8 Å². The molecule has 1 fully saturated rings. The summed E-state index contributed by atoms with van der Waals surface area (Å²) in [7, 11) is 2.85. The van der Waals surface area contributed by atoms with Gasteiger partial charge in [0.2, 0.25) is 6.29 Å². The van der Waals surface area contributed by atoms with Gasteiger partial charge in [-0.05, 0) is 20.8 Å². The van der Waals surface area contributed by atoms with Gasteiger partial charge in [-0.2, -0.15) is 0 Å². The maximum atomic E-state index is 11.1. The van der Waals surface area contributed by atoms with Crippen LogP contribution in [-0.4, -0.2) is 34.6 Å². The average molecular weight is 325 g/mol. The third-order valence-corrected chi connectivity index (χ3v) is 3.11. The van der Waals surface area contributed by atoms with E-state index < -0.39 is 18.4 Å². The Labute approximate surface area is 126 Å². The maximum Gasteiger partial charge on any atom is 0.303 e. The summed E-state index contributed by atoms with van der Waals surface area (Å²) in [5, 5.41) is 7.35. The highest BCUT2D eigenvalue weighted by molar-refractivity contribution is 7.93. The molecular weight excluding hydrogens is 301 g/mol. The normalized spacial score (nSPS) is 33.0. The molecule has 5 unspecified atom stereocenters. The number of carbonyl (C=O) groups excluding carboxylic acids is 1. The minimum Gasteiger partial charge on any atom is -0.456 e. The van der Waals surface area contributed by atoms with Crippen LogP contribution in [0.5, 0.6) is 0 Å². The largest absolute Gasteiger partial charge is 0.456 e. The third-order valence-electron chi connectivity index (χ3n) is 3.11. The molecule has 0 aromatic rings. The number of hydrogen-bond acceptors (Lipinski definition) is 6. The molecule has 1 saturated heterocycles. The van der Waals surface area contributed by atoms with E-state index in [-0.39, 0.29) is 30.7 Å². The van der Waals surface area contributed by atoms with Gasteiger partial charge in [-0.15, -0.1) is 0 Å². The van der Waals surface area contributed by atoms with Crippen molar-refractivity contribution in [3.63, 3.8) is 0 Å². The van der Waals surface area contributed by atoms with Crippen LogP contribution in [-0.2, 0) is 29.8 Å². The molecule has 1 rings (SSSR count). The molecule has 0 aromatic carbocycles.